The Labute approximate surface area is 115 Å². The van der Waals surface area contributed by atoms with Gasteiger partial charge in [0.1, 0.15) is 0 Å². The summed E-state index contributed by atoms with van der Waals surface area (Å²) in [4.78, 5) is 25.5. The van der Waals surface area contributed by atoms with Gasteiger partial charge in [-0.3, -0.25) is 9.59 Å². The first-order chi connectivity index (χ1) is 8.85. The predicted octanol–water partition coefficient (Wildman–Crippen LogP) is 2.52. The number of hydrogen-bond donors (Lipinski definition) is 1. The van der Waals surface area contributed by atoms with Crippen LogP contribution < -0.4 is 0 Å². The number of aliphatic carboxylic acids is 1. The molecule has 1 saturated carbocycles. The van der Waals surface area contributed by atoms with Gasteiger partial charge in [0.15, 0.2) is 0 Å². The zero-order valence-corrected chi connectivity index (χ0v) is 12.2. The molecule has 1 aliphatic heterocycles. The standard InChI is InChI=1S/C15H25NO3/c1-10-12(16-9-5-4-6-13(16)17)8-7-11(14(18)19)15(10,2)3/h10-12H,4-9H2,1-3H3,(H,18,19). The molecule has 0 spiro atoms. The van der Waals surface area contributed by atoms with Gasteiger partial charge in [-0.1, -0.05) is 20.8 Å². The lowest BCUT2D eigenvalue weighted by atomic mass is 9.60. The van der Waals surface area contributed by atoms with Crippen LogP contribution in [-0.2, 0) is 9.59 Å². The van der Waals surface area contributed by atoms with E-state index in [1.807, 2.05) is 18.7 Å². The fourth-order valence-corrected chi connectivity index (χ4v) is 3.82. The summed E-state index contributed by atoms with van der Waals surface area (Å²) >= 11 is 0. The van der Waals surface area contributed by atoms with Gasteiger partial charge < -0.3 is 10.0 Å². The van der Waals surface area contributed by atoms with Crippen molar-refractivity contribution in [1.29, 1.82) is 0 Å². The first-order valence-electron chi connectivity index (χ1n) is 7.38. The number of hydrogen-bond acceptors (Lipinski definition) is 2. The van der Waals surface area contributed by atoms with E-state index in [2.05, 4.69) is 6.92 Å². The summed E-state index contributed by atoms with van der Waals surface area (Å²) in [6.45, 7) is 7.04. The topological polar surface area (TPSA) is 57.6 Å². The van der Waals surface area contributed by atoms with Crippen LogP contribution in [0.1, 0.15) is 52.9 Å². The maximum atomic E-state index is 12.1. The molecule has 0 aromatic carbocycles. The maximum absolute atomic E-state index is 12.1. The number of nitrogens with zero attached hydrogens (tertiary/aromatic N) is 1. The molecule has 0 aromatic rings. The van der Waals surface area contributed by atoms with Crippen molar-refractivity contribution in [1.82, 2.24) is 4.90 Å². The van der Waals surface area contributed by atoms with E-state index in [9.17, 15) is 14.7 Å². The van der Waals surface area contributed by atoms with E-state index in [0.717, 1.165) is 25.8 Å². The average molecular weight is 267 g/mol. The number of carbonyl (C=O) groups is 2. The summed E-state index contributed by atoms with van der Waals surface area (Å²) in [5.74, 6) is -0.504. The number of carboxylic acid groups (broad SMARTS) is 1. The molecule has 1 heterocycles. The van der Waals surface area contributed by atoms with Gasteiger partial charge in [-0.05, 0) is 37.0 Å². The lowest BCUT2D eigenvalue weighted by Crippen LogP contribution is -2.55. The molecule has 4 heteroatoms. The number of likely N-dealkylation sites (tertiary alicyclic amines) is 1. The Balaban J connectivity index is 2.17. The van der Waals surface area contributed by atoms with Gasteiger partial charge in [-0.2, -0.15) is 0 Å². The van der Waals surface area contributed by atoms with Crippen LogP contribution in [0.3, 0.4) is 0 Å². The Morgan fingerprint density at radius 1 is 1.32 bits per heavy atom. The summed E-state index contributed by atoms with van der Waals surface area (Å²) in [6.07, 6.45) is 4.25. The Morgan fingerprint density at radius 3 is 2.58 bits per heavy atom. The van der Waals surface area contributed by atoms with Crippen LogP contribution >= 0.6 is 0 Å². The lowest BCUT2D eigenvalue weighted by Gasteiger charge is -2.50. The van der Waals surface area contributed by atoms with Crippen molar-refractivity contribution in [2.75, 3.05) is 6.54 Å². The van der Waals surface area contributed by atoms with Crippen molar-refractivity contribution in [3.63, 3.8) is 0 Å². The highest BCUT2D eigenvalue weighted by Crippen LogP contribution is 2.47. The number of piperidine rings is 1. The van der Waals surface area contributed by atoms with Crippen molar-refractivity contribution in [2.45, 2.75) is 58.9 Å². The molecule has 0 aromatic heterocycles. The van der Waals surface area contributed by atoms with E-state index < -0.39 is 5.97 Å². The molecular formula is C15H25NO3. The molecule has 2 rings (SSSR count). The molecule has 1 saturated heterocycles. The molecule has 1 N–H and O–H groups in total. The van der Waals surface area contributed by atoms with Crippen molar-refractivity contribution in [3.8, 4) is 0 Å². The molecule has 1 aliphatic carbocycles. The van der Waals surface area contributed by atoms with Gasteiger partial charge in [0.2, 0.25) is 5.91 Å². The third-order valence-corrected chi connectivity index (χ3v) is 5.46. The first kappa shape index (κ1) is 14.4. The van der Waals surface area contributed by atoms with Crippen LogP contribution in [0.5, 0.6) is 0 Å². The van der Waals surface area contributed by atoms with Gasteiger partial charge in [-0.25, -0.2) is 0 Å². The summed E-state index contributed by atoms with van der Waals surface area (Å²) < 4.78 is 0. The number of carbonyl (C=O) groups excluding carboxylic acids is 1. The fourth-order valence-electron chi connectivity index (χ4n) is 3.82. The predicted molar refractivity (Wildman–Crippen MR) is 72.7 cm³/mol. The fraction of sp³-hybridized carbons (Fsp3) is 0.867. The first-order valence-corrected chi connectivity index (χ1v) is 7.38. The van der Waals surface area contributed by atoms with Crippen molar-refractivity contribution >= 4 is 11.9 Å². The Hall–Kier alpha value is -1.06. The molecular weight excluding hydrogens is 242 g/mol. The van der Waals surface area contributed by atoms with Crippen LogP contribution in [0.15, 0.2) is 0 Å². The minimum Gasteiger partial charge on any atom is -0.481 e. The van der Waals surface area contributed by atoms with Crippen molar-refractivity contribution < 1.29 is 14.7 Å². The molecule has 2 fully saturated rings. The molecule has 108 valence electrons. The number of carboxylic acids is 1. The minimum atomic E-state index is -0.694. The van der Waals surface area contributed by atoms with E-state index in [0.29, 0.717) is 12.8 Å². The largest absolute Gasteiger partial charge is 0.481 e. The molecule has 3 unspecified atom stereocenters. The van der Waals surface area contributed by atoms with Crippen LogP contribution in [0.2, 0.25) is 0 Å². The monoisotopic (exact) mass is 267 g/mol. The highest BCUT2D eigenvalue weighted by atomic mass is 16.4. The normalized spacial score (nSPS) is 35.2. The highest BCUT2D eigenvalue weighted by Gasteiger charge is 2.48. The van der Waals surface area contributed by atoms with Gasteiger partial charge in [0, 0.05) is 19.0 Å². The van der Waals surface area contributed by atoms with Crippen LogP contribution in [0.25, 0.3) is 0 Å². The van der Waals surface area contributed by atoms with E-state index in [1.54, 1.807) is 0 Å². The van der Waals surface area contributed by atoms with E-state index >= 15 is 0 Å². The average Bonchev–Trinajstić information content (AvgIpc) is 2.33. The summed E-state index contributed by atoms with van der Waals surface area (Å²) in [5.41, 5.74) is -0.257. The quantitative estimate of drug-likeness (QED) is 0.836. The zero-order valence-electron chi connectivity index (χ0n) is 12.2. The maximum Gasteiger partial charge on any atom is 0.307 e. The van der Waals surface area contributed by atoms with Crippen LogP contribution in [-0.4, -0.2) is 34.5 Å². The van der Waals surface area contributed by atoms with Gasteiger partial charge in [0.25, 0.3) is 0 Å². The molecule has 3 atom stereocenters. The van der Waals surface area contributed by atoms with Crippen LogP contribution in [0, 0.1) is 17.3 Å². The molecule has 2 aliphatic rings. The Morgan fingerprint density at radius 2 is 2.00 bits per heavy atom. The van der Waals surface area contributed by atoms with Crippen LogP contribution in [0.4, 0.5) is 0 Å². The number of amides is 1. The smallest absolute Gasteiger partial charge is 0.307 e. The van der Waals surface area contributed by atoms with E-state index in [-0.39, 0.29) is 29.2 Å². The van der Waals surface area contributed by atoms with Crippen molar-refractivity contribution in [2.24, 2.45) is 17.3 Å². The van der Waals surface area contributed by atoms with Gasteiger partial charge in [0.05, 0.1) is 5.92 Å². The number of rotatable bonds is 2. The van der Waals surface area contributed by atoms with E-state index in [1.165, 1.54) is 0 Å². The highest BCUT2D eigenvalue weighted by molar-refractivity contribution is 5.77. The third kappa shape index (κ3) is 2.49. The lowest BCUT2D eigenvalue weighted by molar-refractivity contribution is -0.154. The SMILES string of the molecule is CC1C(N2CCCCC2=O)CCC(C(=O)O)C1(C)C. The van der Waals surface area contributed by atoms with Crippen molar-refractivity contribution in [3.05, 3.63) is 0 Å². The second-order valence-corrected chi connectivity index (χ2v) is 6.69. The summed E-state index contributed by atoms with van der Waals surface area (Å²) in [5, 5.41) is 9.36. The molecule has 19 heavy (non-hydrogen) atoms. The summed E-state index contributed by atoms with van der Waals surface area (Å²) in [6, 6.07) is 0.221. The molecule has 4 nitrogen and oxygen atoms in total. The second kappa shape index (κ2) is 5.14. The van der Waals surface area contributed by atoms with Gasteiger partial charge in [-0.15, -0.1) is 0 Å². The Bertz CT molecular complexity index is 378. The summed E-state index contributed by atoms with van der Waals surface area (Å²) in [7, 11) is 0. The molecule has 1 amide bonds. The molecule has 0 radical (unpaired) electrons. The molecule has 0 bridgehead atoms. The van der Waals surface area contributed by atoms with Gasteiger partial charge >= 0.3 is 5.97 Å². The van der Waals surface area contributed by atoms with E-state index in [4.69, 9.17) is 0 Å². The second-order valence-electron chi connectivity index (χ2n) is 6.69. The Kier molecular flexibility index (Phi) is 3.88. The third-order valence-electron chi connectivity index (χ3n) is 5.46. The zero-order chi connectivity index (χ0) is 14.2. The minimum absolute atomic E-state index is 0.221.